The molecule has 1 aliphatic heterocycles. The van der Waals surface area contributed by atoms with Crippen molar-refractivity contribution in [2.24, 2.45) is 0 Å². The number of hydrogen-bond acceptors (Lipinski definition) is 4. The second kappa shape index (κ2) is 6.61. The molecule has 0 spiro atoms. The van der Waals surface area contributed by atoms with Crippen LogP contribution in [0, 0.1) is 0 Å². The molecule has 1 atom stereocenters. The van der Waals surface area contributed by atoms with E-state index in [1.54, 1.807) is 37.3 Å². The molecule has 5 heteroatoms. The number of rotatable bonds is 4. The molecule has 1 saturated heterocycles. The molecule has 2 rings (SSSR count). The standard InChI is InChI=1S/C15H22N2O3/c1-17(12-5-4-6-16-10-12)15(18)11-7-13(19-2)9-14(8-11)20-3/h7-9,12,16H,4-6,10H2,1-3H3. The maximum atomic E-state index is 12.6. The number of likely N-dealkylation sites (N-methyl/N-ethyl adjacent to an activating group) is 1. The minimum atomic E-state index is -0.00380. The van der Waals surface area contributed by atoms with Gasteiger partial charge in [0.15, 0.2) is 0 Å². The van der Waals surface area contributed by atoms with Crippen LogP contribution in [-0.2, 0) is 0 Å². The Kier molecular flexibility index (Phi) is 4.84. The van der Waals surface area contributed by atoms with E-state index in [2.05, 4.69) is 5.32 Å². The van der Waals surface area contributed by atoms with Crippen molar-refractivity contribution >= 4 is 5.91 Å². The van der Waals surface area contributed by atoms with Gasteiger partial charge in [-0.2, -0.15) is 0 Å². The zero-order valence-corrected chi connectivity index (χ0v) is 12.3. The highest BCUT2D eigenvalue weighted by atomic mass is 16.5. The van der Waals surface area contributed by atoms with Crippen LogP contribution in [0.1, 0.15) is 23.2 Å². The van der Waals surface area contributed by atoms with Gasteiger partial charge in [-0.3, -0.25) is 4.79 Å². The molecule has 1 aromatic rings. The monoisotopic (exact) mass is 278 g/mol. The number of carbonyl (C=O) groups excluding carboxylic acids is 1. The van der Waals surface area contributed by atoms with Gasteiger partial charge in [0.05, 0.1) is 14.2 Å². The summed E-state index contributed by atoms with van der Waals surface area (Å²) in [6, 6.07) is 5.50. The number of methoxy groups -OCH3 is 2. The zero-order chi connectivity index (χ0) is 14.5. The smallest absolute Gasteiger partial charge is 0.254 e. The van der Waals surface area contributed by atoms with E-state index in [0.29, 0.717) is 17.1 Å². The summed E-state index contributed by atoms with van der Waals surface area (Å²) in [6.07, 6.45) is 2.14. The van der Waals surface area contributed by atoms with Crippen LogP contribution in [0.2, 0.25) is 0 Å². The van der Waals surface area contributed by atoms with Gasteiger partial charge >= 0.3 is 0 Å². The summed E-state index contributed by atoms with van der Waals surface area (Å²) in [5.74, 6) is 1.25. The van der Waals surface area contributed by atoms with E-state index in [4.69, 9.17) is 9.47 Å². The van der Waals surface area contributed by atoms with Crippen molar-refractivity contribution in [2.45, 2.75) is 18.9 Å². The fraction of sp³-hybridized carbons (Fsp3) is 0.533. The number of ether oxygens (including phenoxy) is 2. The normalized spacial score (nSPS) is 18.4. The molecule has 0 aliphatic carbocycles. The van der Waals surface area contributed by atoms with Crippen molar-refractivity contribution in [3.63, 3.8) is 0 Å². The minimum Gasteiger partial charge on any atom is -0.497 e. The van der Waals surface area contributed by atoms with Gasteiger partial charge in [0.1, 0.15) is 11.5 Å². The van der Waals surface area contributed by atoms with Crippen molar-refractivity contribution < 1.29 is 14.3 Å². The summed E-state index contributed by atoms with van der Waals surface area (Å²) in [7, 11) is 5.02. The Morgan fingerprint density at radius 2 is 1.90 bits per heavy atom. The second-order valence-electron chi connectivity index (χ2n) is 5.02. The molecule has 1 unspecified atom stereocenters. The van der Waals surface area contributed by atoms with Crippen LogP contribution in [0.4, 0.5) is 0 Å². The fourth-order valence-corrected chi connectivity index (χ4v) is 2.46. The number of nitrogens with zero attached hydrogens (tertiary/aromatic N) is 1. The fourth-order valence-electron chi connectivity index (χ4n) is 2.46. The van der Waals surface area contributed by atoms with Crippen molar-refractivity contribution in [3.8, 4) is 11.5 Å². The SMILES string of the molecule is COc1cc(OC)cc(C(=O)N(C)C2CCCNC2)c1. The summed E-state index contributed by atoms with van der Waals surface area (Å²) >= 11 is 0. The molecule has 110 valence electrons. The van der Waals surface area contributed by atoms with Crippen LogP contribution in [0.25, 0.3) is 0 Å². The number of nitrogens with one attached hydrogen (secondary N) is 1. The Morgan fingerprint density at radius 3 is 2.40 bits per heavy atom. The molecule has 1 N–H and O–H groups in total. The molecule has 5 nitrogen and oxygen atoms in total. The molecule has 0 saturated carbocycles. The van der Waals surface area contributed by atoms with Gasteiger partial charge in [-0.1, -0.05) is 0 Å². The van der Waals surface area contributed by atoms with E-state index in [9.17, 15) is 4.79 Å². The van der Waals surface area contributed by atoms with Gasteiger partial charge in [-0.25, -0.2) is 0 Å². The van der Waals surface area contributed by atoms with E-state index in [0.717, 1.165) is 25.9 Å². The molecule has 1 aromatic carbocycles. The number of piperidine rings is 1. The van der Waals surface area contributed by atoms with E-state index < -0.39 is 0 Å². The van der Waals surface area contributed by atoms with Gasteiger partial charge in [0.25, 0.3) is 5.91 Å². The Morgan fingerprint density at radius 1 is 1.25 bits per heavy atom. The number of benzene rings is 1. The molecule has 0 aromatic heterocycles. The third-order valence-corrected chi connectivity index (χ3v) is 3.74. The first-order valence-electron chi connectivity index (χ1n) is 6.86. The van der Waals surface area contributed by atoms with E-state index in [1.807, 2.05) is 7.05 Å². The minimum absolute atomic E-state index is 0.00380. The predicted molar refractivity (Wildman–Crippen MR) is 77.5 cm³/mol. The van der Waals surface area contributed by atoms with E-state index >= 15 is 0 Å². The third-order valence-electron chi connectivity index (χ3n) is 3.74. The Bertz CT molecular complexity index is 448. The maximum absolute atomic E-state index is 12.6. The Balaban J connectivity index is 2.18. The Hall–Kier alpha value is -1.75. The molecular weight excluding hydrogens is 256 g/mol. The van der Waals surface area contributed by atoms with Gasteiger partial charge < -0.3 is 19.7 Å². The lowest BCUT2D eigenvalue weighted by Gasteiger charge is -2.31. The van der Waals surface area contributed by atoms with Crippen molar-refractivity contribution in [1.82, 2.24) is 10.2 Å². The molecule has 0 radical (unpaired) electrons. The molecule has 20 heavy (non-hydrogen) atoms. The maximum Gasteiger partial charge on any atom is 0.254 e. The van der Waals surface area contributed by atoms with Gasteiger partial charge in [0, 0.05) is 31.3 Å². The van der Waals surface area contributed by atoms with Crippen LogP contribution in [0.3, 0.4) is 0 Å². The second-order valence-corrected chi connectivity index (χ2v) is 5.02. The molecule has 0 bridgehead atoms. The molecule has 1 heterocycles. The topological polar surface area (TPSA) is 50.8 Å². The average Bonchev–Trinajstić information content (AvgIpc) is 2.53. The lowest BCUT2D eigenvalue weighted by molar-refractivity contribution is 0.0707. The molecular formula is C15H22N2O3. The quantitative estimate of drug-likeness (QED) is 0.907. The van der Waals surface area contributed by atoms with Crippen molar-refractivity contribution in [1.29, 1.82) is 0 Å². The van der Waals surface area contributed by atoms with E-state index in [1.165, 1.54) is 0 Å². The predicted octanol–water partition coefficient (Wildman–Crippen LogP) is 1.53. The summed E-state index contributed by atoms with van der Waals surface area (Å²) in [5.41, 5.74) is 0.592. The first-order valence-corrected chi connectivity index (χ1v) is 6.86. The first-order chi connectivity index (χ1) is 9.65. The van der Waals surface area contributed by atoms with Crippen LogP contribution in [0.5, 0.6) is 11.5 Å². The Labute approximate surface area is 119 Å². The summed E-state index contributed by atoms with van der Waals surface area (Å²) in [4.78, 5) is 14.4. The zero-order valence-electron chi connectivity index (χ0n) is 12.3. The summed E-state index contributed by atoms with van der Waals surface area (Å²) in [6.45, 7) is 1.88. The average molecular weight is 278 g/mol. The van der Waals surface area contributed by atoms with Gasteiger partial charge in [-0.05, 0) is 31.5 Å². The van der Waals surface area contributed by atoms with Crippen LogP contribution < -0.4 is 14.8 Å². The number of hydrogen-bond donors (Lipinski definition) is 1. The highest BCUT2D eigenvalue weighted by Gasteiger charge is 2.23. The van der Waals surface area contributed by atoms with Gasteiger partial charge in [0.2, 0.25) is 0 Å². The number of carbonyl (C=O) groups is 1. The van der Waals surface area contributed by atoms with E-state index in [-0.39, 0.29) is 11.9 Å². The molecule has 1 aliphatic rings. The third kappa shape index (κ3) is 3.22. The lowest BCUT2D eigenvalue weighted by atomic mass is 10.0. The molecule has 1 fully saturated rings. The highest BCUT2D eigenvalue weighted by molar-refractivity contribution is 5.95. The lowest BCUT2D eigenvalue weighted by Crippen LogP contribution is -2.46. The van der Waals surface area contributed by atoms with Gasteiger partial charge in [-0.15, -0.1) is 0 Å². The van der Waals surface area contributed by atoms with Crippen LogP contribution in [0.15, 0.2) is 18.2 Å². The van der Waals surface area contributed by atoms with Crippen molar-refractivity contribution in [2.75, 3.05) is 34.4 Å². The first kappa shape index (κ1) is 14.7. The summed E-state index contributed by atoms with van der Waals surface area (Å²) < 4.78 is 10.4. The summed E-state index contributed by atoms with van der Waals surface area (Å²) in [5, 5.41) is 3.32. The van der Waals surface area contributed by atoms with Crippen LogP contribution >= 0.6 is 0 Å². The molecule has 1 amide bonds. The number of amides is 1. The van der Waals surface area contributed by atoms with Crippen LogP contribution in [-0.4, -0.2) is 51.2 Å². The largest absolute Gasteiger partial charge is 0.497 e. The highest BCUT2D eigenvalue weighted by Crippen LogP contribution is 2.24. The van der Waals surface area contributed by atoms with Crippen molar-refractivity contribution in [3.05, 3.63) is 23.8 Å².